The van der Waals surface area contributed by atoms with Crippen LogP contribution in [0.4, 0.5) is 13.2 Å². The first-order valence-corrected chi connectivity index (χ1v) is 7.60. The third kappa shape index (κ3) is 3.31. The van der Waals surface area contributed by atoms with Gasteiger partial charge < -0.3 is 5.32 Å². The minimum absolute atomic E-state index is 0.183. The van der Waals surface area contributed by atoms with Gasteiger partial charge in [-0.1, -0.05) is 12.8 Å². The highest BCUT2D eigenvalue weighted by Gasteiger charge is 2.47. The molecule has 1 heterocycles. The van der Waals surface area contributed by atoms with Crippen molar-refractivity contribution < 1.29 is 13.2 Å². The second-order valence-electron chi connectivity index (χ2n) is 5.35. The van der Waals surface area contributed by atoms with Crippen LogP contribution in [0.5, 0.6) is 0 Å². The first-order chi connectivity index (χ1) is 8.93. The number of thiophene rings is 1. The normalized spacial score (nSPS) is 26.4. The van der Waals surface area contributed by atoms with Gasteiger partial charge in [0.15, 0.2) is 0 Å². The average Bonchev–Trinajstić information content (AvgIpc) is 2.76. The SMILES string of the molecule is CNC(c1csc(C)c1)C1CCCCC1C(F)(F)F. The number of alkyl halides is 3. The van der Waals surface area contributed by atoms with Gasteiger partial charge in [-0.2, -0.15) is 13.2 Å². The first kappa shape index (κ1) is 14.9. The van der Waals surface area contributed by atoms with E-state index in [1.54, 1.807) is 18.4 Å². The molecular weight excluding hydrogens is 271 g/mol. The Morgan fingerprint density at radius 2 is 2.00 bits per heavy atom. The van der Waals surface area contributed by atoms with Crippen LogP contribution in [-0.4, -0.2) is 13.2 Å². The Bertz CT molecular complexity index is 413. The zero-order valence-corrected chi connectivity index (χ0v) is 12.1. The number of hydrogen-bond donors (Lipinski definition) is 1. The Labute approximate surface area is 116 Å². The fourth-order valence-corrected chi connectivity index (χ4v) is 3.96. The summed E-state index contributed by atoms with van der Waals surface area (Å²) in [7, 11) is 1.76. The van der Waals surface area contributed by atoms with Crippen molar-refractivity contribution in [2.24, 2.45) is 11.8 Å². The molecule has 2 rings (SSSR count). The van der Waals surface area contributed by atoms with E-state index >= 15 is 0 Å². The van der Waals surface area contributed by atoms with Gasteiger partial charge in [-0.3, -0.25) is 0 Å². The molecule has 0 aliphatic heterocycles. The Morgan fingerprint density at radius 1 is 1.32 bits per heavy atom. The lowest BCUT2D eigenvalue weighted by Crippen LogP contribution is -2.39. The summed E-state index contributed by atoms with van der Waals surface area (Å²) in [5.74, 6) is -1.51. The molecule has 1 N–H and O–H groups in total. The van der Waals surface area contributed by atoms with Crippen molar-refractivity contribution in [1.82, 2.24) is 5.32 Å². The minimum atomic E-state index is -4.08. The molecule has 19 heavy (non-hydrogen) atoms. The van der Waals surface area contributed by atoms with Crippen LogP contribution in [0.3, 0.4) is 0 Å². The van der Waals surface area contributed by atoms with Crippen LogP contribution in [0.15, 0.2) is 11.4 Å². The largest absolute Gasteiger partial charge is 0.392 e. The van der Waals surface area contributed by atoms with Crippen molar-refractivity contribution in [1.29, 1.82) is 0 Å². The molecular formula is C14H20F3NS. The van der Waals surface area contributed by atoms with Gasteiger partial charge in [0.1, 0.15) is 0 Å². The number of hydrogen-bond acceptors (Lipinski definition) is 2. The lowest BCUT2D eigenvalue weighted by atomic mass is 9.73. The van der Waals surface area contributed by atoms with Crippen molar-refractivity contribution in [3.8, 4) is 0 Å². The van der Waals surface area contributed by atoms with E-state index in [4.69, 9.17) is 0 Å². The summed E-state index contributed by atoms with van der Waals surface area (Å²) in [4.78, 5) is 1.15. The molecule has 1 nitrogen and oxygen atoms in total. The van der Waals surface area contributed by atoms with Gasteiger partial charge in [-0.05, 0) is 49.7 Å². The molecule has 1 aliphatic carbocycles. The smallest absolute Gasteiger partial charge is 0.313 e. The van der Waals surface area contributed by atoms with Crippen LogP contribution >= 0.6 is 11.3 Å². The number of nitrogens with one attached hydrogen (secondary N) is 1. The van der Waals surface area contributed by atoms with Crippen molar-refractivity contribution in [3.05, 3.63) is 21.9 Å². The molecule has 0 saturated heterocycles. The van der Waals surface area contributed by atoms with Gasteiger partial charge in [-0.15, -0.1) is 11.3 Å². The Hall–Kier alpha value is -0.550. The maximum absolute atomic E-state index is 13.2. The van der Waals surface area contributed by atoms with Crippen molar-refractivity contribution in [2.45, 2.75) is 44.8 Å². The Kier molecular flexibility index (Phi) is 4.56. The molecule has 1 aromatic rings. The van der Waals surface area contributed by atoms with Crippen molar-refractivity contribution >= 4 is 11.3 Å². The van der Waals surface area contributed by atoms with Crippen LogP contribution < -0.4 is 5.32 Å². The van der Waals surface area contributed by atoms with Crippen LogP contribution in [0.25, 0.3) is 0 Å². The van der Waals surface area contributed by atoms with Gasteiger partial charge in [0, 0.05) is 10.9 Å². The van der Waals surface area contributed by atoms with Crippen LogP contribution in [-0.2, 0) is 0 Å². The second-order valence-corrected chi connectivity index (χ2v) is 6.47. The van der Waals surface area contributed by atoms with E-state index in [2.05, 4.69) is 5.32 Å². The second kappa shape index (κ2) is 5.83. The van der Waals surface area contributed by atoms with E-state index in [-0.39, 0.29) is 18.4 Å². The third-order valence-electron chi connectivity index (χ3n) is 4.09. The standard InChI is InChI=1S/C14H20F3NS/c1-9-7-10(8-19-9)13(18-2)11-5-3-4-6-12(11)14(15,16)17/h7-8,11-13,18H,3-6H2,1-2H3. The van der Waals surface area contributed by atoms with Crippen LogP contribution in [0.1, 0.15) is 42.2 Å². The van der Waals surface area contributed by atoms with Crippen molar-refractivity contribution in [3.63, 3.8) is 0 Å². The van der Waals surface area contributed by atoms with Crippen LogP contribution in [0.2, 0.25) is 0 Å². The van der Waals surface area contributed by atoms with E-state index in [1.165, 1.54) is 0 Å². The lowest BCUT2D eigenvalue weighted by Gasteiger charge is -2.38. The predicted molar refractivity (Wildman–Crippen MR) is 72.4 cm³/mol. The fraction of sp³-hybridized carbons (Fsp3) is 0.714. The predicted octanol–water partition coefficient (Wildman–Crippen LogP) is 4.69. The molecule has 0 bridgehead atoms. The van der Waals surface area contributed by atoms with Gasteiger partial charge in [0.2, 0.25) is 0 Å². The maximum atomic E-state index is 13.2. The average molecular weight is 291 g/mol. The first-order valence-electron chi connectivity index (χ1n) is 6.72. The van der Waals surface area contributed by atoms with E-state index < -0.39 is 12.1 Å². The monoisotopic (exact) mass is 291 g/mol. The van der Waals surface area contributed by atoms with Gasteiger partial charge in [0.05, 0.1) is 5.92 Å². The molecule has 1 aliphatic rings. The summed E-state index contributed by atoms with van der Waals surface area (Å²) in [5, 5.41) is 5.09. The summed E-state index contributed by atoms with van der Waals surface area (Å²) >= 11 is 1.60. The maximum Gasteiger partial charge on any atom is 0.392 e. The van der Waals surface area contributed by atoms with Crippen molar-refractivity contribution in [2.75, 3.05) is 7.05 Å². The molecule has 0 amide bonds. The van der Waals surface area contributed by atoms with Gasteiger partial charge in [-0.25, -0.2) is 0 Å². The van der Waals surface area contributed by atoms with E-state index in [0.717, 1.165) is 16.9 Å². The summed E-state index contributed by atoms with van der Waals surface area (Å²) in [6.45, 7) is 1.99. The Morgan fingerprint density at radius 3 is 2.53 bits per heavy atom. The molecule has 108 valence electrons. The number of rotatable bonds is 3. The van der Waals surface area contributed by atoms with E-state index in [9.17, 15) is 13.2 Å². The highest BCUT2D eigenvalue weighted by Crippen LogP contribution is 2.46. The molecule has 1 fully saturated rings. The quantitative estimate of drug-likeness (QED) is 0.852. The summed E-state index contributed by atoms with van der Waals surface area (Å²) < 4.78 is 39.6. The fourth-order valence-electron chi connectivity index (χ4n) is 3.22. The highest BCUT2D eigenvalue weighted by molar-refractivity contribution is 7.10. The highest BCUT2D eigenvalue weighted by atomic mass is 32.1. The number of aryl methyl sites for hydroxylation is 1. The zero-order valence-electron chi connectivity index (χ0n) is 11.3. The number of halogens is 3. The molecule has 0 aromatic carbocycles. The third-order valence-corrected chi connectivity index (χ3v) is 4.97. The molecule has 1 aromatic heterocycles. The van der Waals surface area contributed by atoms with Gasteiger partial charge >= 0.3 is 6.18 Å². The zero-order chi connectivity index (χ0) is 14.0. The Balaban J connectivity index is 2.24. The van der Waals surface area contributed by atoms with E-state index in [1.807, 2.05) is 18.4 Å². The molecule has 0 radical (unpaired) electrons. The van der Waals surface area contributed by atoms with Crippen LogP contribution in [0, 0.1) is 18.8 Å². The summed E-state index contributed by atoms with van der Waals surface area (Å²) in [6.07, 6.45) is -1.55. The topological polar surface area (TPSA) is 12.0 Å². The minimum Gasteiger partial charge on any atom is -0.313 e. The molecule has 0 spiro atoms. The molecule has 3 atom stereocenters. The van der Waals surface area contributed by atoms with E-state index in [0.29, 0.717) is 12.8 Å². The summed E-state index contributed by atoms with van der Waals surface area (Å²) in [5.41, 5.74) is 1.01. The molecule has 3 unspecified atom stereocenters. The van der Waals surface area contributed by atoms with Gasteiger partial charge in [0.25, 0.3) is 0 Å². The molecule has 1 saturated carbocycles. The lowest BCUT2D eigenvalue weighted by molar-refractivity contribution is -0.199. The summed E-state index contributed by atoms with van der Waals surface area (Å²) in [6, 6.07) is 1.82. The molecule has 5 heteroatoms.